The number of aromatic nitrogens is 14. The molecule has 0 amide bonds. The average molecular weight is 1590 g/mol. The molecule has 123 heavy (non-hydrogen) atoms. The van der Waals surface area contributed by atoms with Gasteiger partial charge >= 0.3 is 6.18 Å². The topological polar surface area (TPSA) is 188 Å². The quantitative estimate of drug-likeness (QED) is 0.0889. The number of fused-ring (bicyclic) bond motifs is 6. The molecular formula is C105H64F3N15. The molecule has 0 saturated heterocycles. The number of hydrogen-bond acceptors (Lipinski definition) is 13. The lowest BCUT2D eigenvalue weighted by Crippen LogP contribution is -2.08. The number of rotatable bonds is 16. The summed E-state index contributed by atoms with van der Waals surface area (Å²) >= 11 is 0. The number of alkyl halides is 3. The Bertz CT molecular complexity index is 7130. The van der Waals surface area contributed by atoms with Crippen molar-refractivity contribution in [3.8, 4) is 176 Å². The van der Waals surface area contributed by atoms with Gasteiger partial charge in [-0.2, -0.15) is 18.4 Å². The zero-order valence-corrected chi connectivity index (χ0v) is 65.6. The van der Waals surface area contributed by atoms with E-state index in [0.717, 1.165) is 83.2 Å². The maximum absolute atomic E-state index is 15.9. The van der Waals surface area contributed by atoms with Gasteiger partial charge in [-0.25, -0.2) is 59.8 Å². The largest absolute Gasteiger partial charge is 0.417 e. The molecule has 15 aromatic carbocycles. The smallest absolute Gasteiger partial charge is 0.309 e. The third kappa shape index (κ3) is 14.0. The van der Waals surface area contributed by atoms with Crippen molar-refractivity contribution >= 4 is 43.6 Å². The van der Waals surface area contributed by atoms with E-state index in [1.54, 1.807) is 25.1 Å². The molecule has 0 spiro atoms. The fraction of sp³-hybridized carbons (Fsp3) is 0.0190. The van der Waals surface area contributed by atoms with Gasteiger partial charge < -0.3 is 9.13 Å². The van der Waals surface area contributed by atoms with Gasteiger partial charge in [0.2, 0.25) is 0 Å². The second kappa shape index (κ2) is 30.9. The highest BCUT2D eigenvalue weighted by Gasteiger charge is 2.35. The minimum atomic E-state index is -4.76. The molecule has 0 N–H and O–H groups in total. The van der Waals surface area contributed by atoms with E-state index in [1.165, 1.54) is 6.07 Å². The molecule has 21 aromatic rings. The van der Waals surface area contributed by atoms with Gasteiger partial charge in [-0.15, -0.1) is 0 Å². The van der Waals surface area contributed by atoms with Gasteiger partial charge in [0.1, 0.15) is 0 Å². The van der Waals surface area contributed by atoms with Crippen molar-refractivity contribution in [1.29, 1.82) is 5.26 Å². The molecule has 0 aliphatic rings. The third-order valence-electron chi connectivity index (χ3n) is 22.1. The van der Waals surface area contributed by atoms with E-state index in [2.05, 4.69) is 39.5 Å². The van der Waals surface area contributed by atoms with Crippen LogP contribution in [0.25, 0.3) is 214 Å². The SMILES string of the molecule is Cc1cccc(C(F)(F)F)c1-c1ccc(-n2c3ccc(-c4nc(-c5ccccc5)nc(-c5ccccc5)n4)cc3c3cc(-c4nc(-c5ccccc5)nc(-c5ccccc5)n4)ccc32)c(-c2ccc(C#N)cc2-n2c3ccc(-c4nc(-c5ccccc5)nc(-c5ccccc5)n4)cc3c3cc(-c4nc(-c5ccccc5)nc(-c5ccccc5)n4)ccc32)c1. The Morgan fingerprint density at radius 1 is 0.236 bits per heavy atom. The summed E-state index contributed by atoms with van der Waals surface area (Å²) < 4.78 is 52.1. The molecule has 0 saturated carbocycles. The van der Waals surface area contributed by atoms with E-state index in [0.29, 0.717) is 142 Å². The van der Waals surface area contributed by atoms with Gasteiger partial charge in [0.25, 0.3) is 0 Å². The monoisotopic (exact) mass is 1590 g/mol. The molecular weight excluding hydrogens is 1530 g/mol. The number of aryl methyl sites for hydroxylation is 1. The van der Waals surface area contributed by atoms with Crippen LogP contribution in [-0.2, 0) is 6.18 Å². The molecule has 6 aromatic heterocycles. The highest BCUT2D eigenvalue weighted by atomic mass is 19.4. The third-order valence-corrected chi connectivity index (χ3v) is 22.1. The predicted octanol–water partition coefficient (Wildman–Crippen LogP) is 25.2. The van der Waals surface area contributed by atoms with Crippen LogP contribution >= 0.6 is 0 Å². The van der Waals surface area contributed by atoms with Crippen LogP contribution < -0.4 is 0 Å². The Morgan fingerprint density at radius 2 is 0.496 bits per heavy atom. The van der Waals surface area contributed by atoms with Gasteiger partial charge in [-0.3, -0.25) is 0 Å². The second-order valence-corrected chi connectivity index (χ2v) is 29.8. The number of nitriles is 1. The normalized spacial score (nSPS) is 11.6. The maximum atomic E-state index is 15.9. The molecule has 0 unspecified atom stereocenters. The summed E-state index contributed by atoms with van der Waals surface area (Å²) in [7, 11) is 0. The van der Waals surface area contributed by atoms with Crippen molar-refractivity contribution in [2.45, 2.75) is 13.1 Å². The molecule has 0 aliphatic heterocycles. The zero-order valence-electron chi connectivity index (χ0n) is 65.6. The fourth-order valence-corrected chi connectivity index (χ4v) is 16.3. The first-order valence-electron chi connectivity index (χ1n) is 40.0. The molecule has 0 atom stereocenters. The molecule has 0 radical (unpaired) electrons. The number of benzene rings is 15. The number of halogens is 3. The van der Waals surface area contributed by atoms with Crippen LogP contribution in [0.3, 0.4) is 0 Å². The molecule has 580 valence electrons. The minimum Gasteiger partial charge on any atom is -0.309 e. The first-order valence-corrected chi connectivity index (χ1v) is 40.0. The Hall–Kier alpha value is -16.8. The molecule has 21 rings (SSSR count). The Labute approximate surface area is 703 Å². The van der Waals surface area contributed by atoms with Gasteiger partial charge in [0.15, 0.2) is 69.9 Å². The number of nitrogens with zero attached hydrogens (tertiary/aromatic N) is 15. The van der Waals surface area contributed by atoms with Crippen LogP contribution in [0.15, 0.2) is 370 Å². The second-order valence-electron chi connectivity index (χ2n) is 29.8. The Kier molecular flexibility index (Phi) is 18.6. The Morgan fingerprint density at radius 3 is 0.764 bits per heavy atom. The van der Waals surface area contributed by atoms with E-state index < -0.39 is 11.7 Å². The van der Waals surface area contributed by atoms with Gasteiger partial charge in [-0.05, 0) is 127 Å². The zero-order chi connectivity index (χ0) is 82.7. The molecule has 15 nitrogen and oxygen atoms in total. The van der Waals surface area contributed by atoms with Crippen LogP contribution in [0.2, 0.25) is 0 Å². The lowest BCUT2D eigenvalue weighted by Gasteiger charge is -2.21. The van der Waals surface area contributed by atoms with Gasteiger partial charge in [-0.1, -0.05) is 267 Å². The van der Waals surface area contributed by atoms with Crippen LogP contribution in [0.5, 0.6) is 0 Å². The standard InChI is InChI=1S/C105H64F3N15/c1-64-27-26-44-85(105(106,107)108)92(64)74-46-52-86(122-87-53-47-75(101-114-93(66-28-10-2-11-29-66)110-94(115-101)67-30-12-3-13-31-67)59-81(87)82-60-76(48-54-88(82)122)102-116-95(68-32-14-4-15-33-68)111-96(117-102)69-34-16-5-17-35-69)80(58-74)79-51-45-65(63-109)57-91(79)123-89-55-49-77(103-118-97(70-36-18-6-19-37-70)112-98(119-103)71-38-20-7-21-39-71)61-83(89)84-62-78(50-56-90(84)123)104-120-99(72-40-22-8-23-41-72)113-100(121-104)73-42-24-9-25-43-73/h2-62H,1H3. The first-order chi connectivity index (χ1) is 60.4. The summed E-state index contributed by atoms with van der Waals surface area (Å²) in [6.45, 7) is 1.70. The van der Waals surface area contributed by atoms with Crippen molar-refractivity contribution in [2.24, 2.45) is 0 Å². The van der Waals surface area contributed by atoms with Crippen molar-refractivity contribution < 1.29 is 13.2 Å². The highest BCUT2D eigenvalue weighted by Crippen LogP contribution is 2.48. The maximum Gasteiger partial charge on any atom is 0.417 e. The summed E-state index contributed by atoms with van der Waals surface area (Å²) in [5.74, 6) is 5.49. The van der Waals surface area contributed by atoms with Crippen molar-refractivity contribution in [3.63, 3.8) is 0 Å². The summed E-state index contributed by atoms with van der Waals surface area (Å²) in [5.41, 5.74) is 14.4. The van der Waals surface area contributed by atoms with Crippen molar-refractivity contribution in [3.05, 3.63) is 387 Å². The molecule has 0 bridgehead atoms. The van der Waals surface area contributed by atoms with Crippen LogP contribution in [0, 0.1) is 18.3 Å². The van der Waals surface area contributed by atoms with E-state index >= 15 is 13.2 Å². The lowest BCUT2D eigenvalue weighted by atomic mass is 9.90. The molecule has 18 heteroatoms. The van der Waals surface area contributed by atoms with Gasteiger partial charge in [0, 0.05) is 99.4 Å². The Balaban J connectivity index is 0.837. The predicted molar refractivity (Wildman–Crippen MR) is 479 cm³/mol. The van der Waals surface area contributed by atoms with Crippen LogP contribution in [0.1, 0.15) is 16.7 Å². The number of hydrogen-bond donors (Lipinski definition) is 0. The fourth-order valence-electron chi connectivity index (χ4n) is 16.3. The van der Waals surface area contributed by atoms with E-state index in [9.17, 15) is 5.26 Å². The molecule has 0 fully saturated rings. The molecule has 0 aliphatic carbocycles. The van der Waals surface area contributed by atoms with Crippen molar-refractivity contribution in [2.75, 3.05) is 0 Å². The van der Waals surface area contributed by atoms with E-state index in [4.69, 9.17) is 59.8 Å². The summed E-state index contributed by atoms with van der Waals surface area (Å²) in [4.78, 5) is 62.1. The lowest BCUT2D eigenvalue weighted by molar-refractivity contribution is -0.137. The van der Waals surface area contributed by atoms with Crippen LogP contribution in [0.4, 0.5) is 13.2 Å². The minimum absolute atomic E-state index is 0.0129. The summed E-state index contributed by atoms with van der Waals surface area (Å²) in [5, 5.41) is 14.4. The highest BCUT2D eigenvalue weighted by molar-refractivity contribution is 6.14. The van der Waals surface area contributed by atoms with Gasteiger partial charge in [0.05, 0.1) is 50.6 Å². The first kappa shape index (κ1) is 73.8. The van der Waals surface area contributed by atoms with E-state index in [1.807, 2.05) is 315 Å². The molecule has 6 heterocycles. The van der Waals surface area contributed by atoms with Crippen molar-refractivity contribution in [1.82, 2.24) is 68.9 Å². The summed E-state index contributed by atoms with van der Waals surface area (Å²) in [6, 6.07) is 121. The summed E-state index contributed by atoms with van der Waals surface area (Å²) in [6.07, 6.45) is -4.76. The average Bonchev–Trinajstić information content (AvgIpc) is 1.58. The van der Waals surface area contributed by atoms with Crippen LogP contribution in [-0.4, -0.2) is 68.9 Å². The van der Waals surface area contributed by atoms with E-state index in [-0.39, 0.29) is 5.56 Å².